The lowest BCUT2D eigenvalue weighted by Crippen LogP contribution is -2.16. The number of carbonyl (C=O) groups is 1. The van der Waals surface area contributed by atoms with E-state index in [1.54, 1.807) is 10.6 Å². The van der Waals surface area contributed by atoms with Crippen LogP contribution < -0.4 is 5.76 Å². The van der Waals surface area contributed by atoms with E-state index < -0.39 is 5.97 Å². The summed E-state index contributed by atoms with van der Waals surface area (Å²) in [4.78, 5) is 22.6. The molecule has 3 aromatic carbocycles. The van der Waals surface area contributed by atoms with Crippen LogP contribution in [0.2, 0.25) is 0 Å². The molecule has 39 heavy (non-hydrogen) atoms. The molecule has 1 aromatic heterocycles. The summed E-state index contributed by atoms with van der Waals surface area (Å²) in [5.74, 6) is -0.0990. The lowest BCUT2D eigenvalue weighted by Gasteiger charge is -2.26. The van der Waals surface area contributed by atoms with Crippen LogP contribution in [0.4, 0.5) is 4.39 Å². The number of halogens is 1. The topological polar surface area (TPSA) is 72.4 Å². The molecule has 5 rings (SSSR count). The molecule has 1 heterocycles. The lowest BCUT2D eigenvalue weighted by molar-refractivity contribution is -0.137. The highest BCUT2D eigenvalue weighted by atomic mass is 19.1. The summed E-state index contributed by atoms with van der Waals surface area (Å²) in [6.07, 6.45) is 6.96. The standard InChI is InChI=1S/C28H26FNO2.C5H10O2/c29-25-17-16-23(20-13-7-14-20)19-24(25)15-8-18-30-26(21-9-3-1-4-10-21)27(32-28(30)31)22-11-5-2-6-12-22;1-2-3-4-5(6)7/h1-6,9-12,16-17,19-20H,7-8,13-15,18H2;2-4H2,1H3,(H,6,7). The number of aromatic nitrogens is 1. The molecule has 5 nitrogen and oxygen atoms in total. The Balaban J connectivity index is 0.000000448. The predicted molar refractivity (Wildman–Crippen MR) is 152 cm³/mol. The van der Waals surface area contributed by atoms with Gasteiger partial charge in [-0.2, -0.15) is 0 Å². The number of nitrogens with zero attached hydrogens (tertiary/aromatic N) is 1. The summed E-state index contributed by atoms with van der Waals surface area (Å²) in [6.45, 7) is 2.44. The zero-order valence-electron chi connectivity index (χ0n) is 22.4. The van der Waals surface area contributed by atoms with Gasteiger partial charge in [-0.15, -0.1) is 0 Å². The second-order valence-electron chi connectivity index (χ2n) is 10.0. The van der Waals surface area contributed by atoms with Crippen molar-refractivity contribution >= 4 is 5.97 Å². The molecule has 1 aliphatic rings. The molecule has 0 bridgehead atoms. The van der Waals surface area contributed by atoms with Crippen LogP contribution in [0.15, 0.2) is 88.1 Å². The Morgan fingerprint density at radius 1 is 0.974 bits per heavy atom. The Morgan fingerprint density at radius 3 is 2.21 bits per heavy atom. The van der Waals surface area contributed by atoms with E-state index in [0.717, 1.165) is 35.2 Å². The van der Waals surface area contributed by atoms with Gasteiger partial charge in [-0.3, -0.25) is 9.36 Å². The number of hydrogen-bond acceptors (Lipinski definition) is 3. The third-order valence-electron chi connectivity index (χ3n) is 7.20. The number of hydrogen-bond donors (Lipinski definition) is 1. The molecule has 0 amide bonds. The van der Waals surface area contributed by atoms with Gasteiger partial charge in [0, 0.05) is 24.1 Å². The summed E-state index contributed by atoms with van der Waals surface area (Å²) in [6, 6.07) is 25.0. The predicted octanol–water partition coefficient (Wildman–Crippen LogP) is 8.08. The number of carboxylic acids is 1. The van der Waals surface area contributed by atoms with Crippen molar-refractivity contribution in [1.82, 2.24) is 4.57 Å². The number of benzene rings is 3. The van der Waals surface area contributed by atoms with E-state index in [4.69, 9.17) is 9.52 Å². The largest absolute Gasteiger partial charge is 0.481 e. The van der Waals surface area contributed by atoms with E-state index in [0.29, 0.717) is 37.5 Å². The molecule has 1 fully saturated rings. The van der Waals surface area contributed by atoms with E-state index in [1.807, 2.05) is 79.7 Å². The fourth-order valence-electron chi connectivity index (χ4n) is 4.81. The van der Waals surface area contributed by atoms with Crippen molar-refractivity contribution in [2.75, 3.05) is 0 Å². The van der Waals surface area contributed by atoms with Gasteiger partial charge < -0.3 is 9.52 Å². The molecule has 4 aromatic rings. The van der Waals surface area contributed by atoms with Gasteiger partial charge in [-0.25, -0.2) is 9.18 Å². The summed E-state index contributed by atoms with van der Waals surface area (Å²) < 4.78 is 21.8. The average Bonchev–Trinajstić information content (AvgIpc) is 3.25. The molecule has 0 atom stereocenters. The van der Waals surface area contributed by atoms with Crippen molar-refractivity contribution in [3.63, 3.8) is 0 Å². The minimum absolute atomic E-state index is 0.166. The molecule has 0 unspecified atom stereocenters. The van der Waals surface area contributed by atoms with Gasteiger partial charge in [-0.05, 0) is 55.2 Å². The Morgan fingerprint density at radius 2 is 1.64 bits per heavy atom. The van der Waals surface area contributed by atoms with Crippen molar-refractivity contribution in [3.05, 3.63) is 106 Å². The molecule has 0 aliphatic heterocycles. The van der Waals surface area contributed by atoms with E-state index in [9.17, 15) is 14.0 Å². The summed E-state index contributed by atoms with van der Waals surface area (Å²) >= 11 is 0. The fraction of sp³-hybridized carbons (Fsp3) is 0.333. The SMILES string of the molecule is CCCCC(=O)O.O=c1oc(-c2ccccc2)c(-c2ccccc2)n1CCCc1cc(C2CCC2)ccc1F. The number of aryl methyl sites for hydroxylation is 1. The number of oxazole rings is 1. The molecule has 0 spiro atoms. The van der Waals surface area contributed by atoms with Gasteiger partial charge in [0.25, 0.3) is 0 Å². The van der Waals surface area contributed by atoms with Crippen molar-refractivity contribution < 1.29 is 18.7 Å². The van der Waals surface area contributed by atoms with E-state index in [2.05, 4.69) is 0 Å². The first-order valence-corrected chi connectivity index (χ1v) is 13.8. The third-order valence-corrected chi connectivity index (χ3v) is 7.20. The van der Waals surface area contributed by atoms with Crippen molar-refractivity contribution in [1.29, 1.82) is 0 Å². The van der Waals surface area contributed by atoms with E-state index in [1.165, 1.54) is 24.8 Å². The summed E-state index contributed by atoms with van der Waals surface area (Å²) in [5, 5.41) is 8.04. The van der Waals surface area contributed by atoms with E-state index >= 15 is 0 Å². The molecule has 204 valence electrons. The normalized spacial score (nSPS) is 12.9. The van der Waals surface area contributed by atoms with Crippen LogP contribution >= 0.6 is 0 Å². The summed E-state index contributed by atoms with van der Waals surface area (Å²) in [7, 11) is 0. The maximum atomic E-state index is 14.4. The molecular formula is C33H36FNO4. The van der Waals surface area contributed by atoms with Crippen LogP contribution in [0.3, 0.4) is 0 Å². The van der Waals surface area contributed by atoms with Gasteiger partial charge in [-0.1, -0.05) is 92.6 Å². The van der Waals surface area contributed by atoms with Gasteiger partial charge >= 0.3 is 11.7 Å². The minimum Gasteiger partial charge on any atom is -0.481 e. The summed E-state index contributed by atoms with van der Waals surface area (Å²) in [5.41, 5.74) is 4.53. The van der Waals surface area contributed by atoms with Gasteiger partial charge in [0.1, 0.15) is 5.82 Å². The number of rotatable bonds is 10. The molecule has 1 saturated carbocycles. The smallest absolute Gasteiger partial charge is 0.419 e. The van der Waals surface area contributed by atoms with Crippen LogP contribution in [0, 0.1) is 5.82 Å². The van der Waals surface area contributed by atoms with Crippen LogP contribution in [-0.2, 0) is 17.8 Å². The highest BCUT2D eigenvalue weighted by molar-refractivity contribution is 5.77. The maximum Gasteiger partial charge on any atom is 0.419 e. The molecule has 6 heteroatoms. The van der Waals surface area contributed by atoms with Gasteiger partial charge in [0.05, 0.1) is 5.69 Å². The van der Waals surface area contributed by atoms with Crippen LogP contribution in [0.5, 0.6) is 0 Å². The van der Waals surface area contributed by atoms with Crippen molar-refractivity contribution in [2.45, 2.75) is 70.8 Å². The minimum atomic E-state index is -0.693. The second-order valence-corrected chi connectivity index (χ2v) is 10.0. The third kappa shape index (κ3) is 7.34. The van der Waals surface area contributed by atoms with Gasteiger partial charge in [0.15, 0.2) is 5.76 Å². The first-order chi connectivity index (χ1) is 19.0. The molecule has 0 radical (unpaired) electrons. The zero-order chi connectivity index (χ0) is 27.6. The van der Waals surface area contributed by atoms with Crippen LogP contribution in [0.25, 0.3) is 22.6 Å². The highest BCUT2D eigenvalue weighted by Crippen LogP contribution is 2.37. The highest BCUT2D eigenvalue weighted by Gasteiger charge is 2.21. The average molecular weight is 530 g/mol. The fourth-order valence-corrected chi connectivity index (χ4v) is 4.81. The number of carboxylic acid groups (broad SMARTS) is 1. The maximum absolute atomic E-state index is 14.4. The molecule has 0 saturated heterocycles. The van der Waals surface area contributed by atoms with Crippen LogP contribution in [0.1, 0.15) is 68.9 Å². The Labute approximate surface area is 228 Å². The Kier molecular flexibility index (Phi) is 9.90. The molecule has 1 N–H and O–H groups in total. The number of unbranched alkanes of at least 4 members (excludes halogenated alkanes) is 1. The Hall–Kier alpha value is -3.93. The van der Waals surface area contributed by atoms with Crippen molar-refractivity contribution in [3.8, 4) is 22.6 Å². The van der Waals surface area contributed by atoms with E-state index in [-0.39, 0.29) is 11.6 Å². The monoisotopic (exact) mass is 529 g/mol. The zero-order valence-corrected chi connectivity index (χ0v) is 22.4. The first-order valence-electron chi connectivity index (χ1n) is 13.8. The molecule has 1 aliphatic carbocycles. The van der Waals surface area contributed by atoms with Crippen molar-refractivity contribution in [2.24, 2.45) is 0 Å². The lowest BCUT2D eigenvalue weighted by atomic mass is 9.79. The van der Waals surface area contributed by atoms with Crippen LogP contribution in [-0.4, -0.2) is 15.6 Å². The Bertz CT molecular complexity index is 1400. The quantitative estimate of drug-likeness (QED) is 0.225. The van der Waals surface area contributed by atoms with Gasteiger partial charge in [0.2, 0.25) is 0 Å². The number of aliphatic carboxylic acids is 1. The second kappa shape index (κ2) is 13.7. The first kappa shape index (κ1) is 28.1. The molecular weight excluding hydrogens is 493 g/mol.